The minimum Gasteiger partial charge on any atom is -0.497 e. The predicted molar refractivity (Wildman–Crippen MR) is 94.8 cm³/mol. The number of benzene rings is 2. The van der Waals surface area contributed by atoms with Crippen LogP contribution in [0.2, 0.25) is 0 Å². The average molecular weight is 327 g/mol. The molecular weight excluding hydrogens is 306 g/mol. The van der Waals surface area contributed by atoms with Crippen molar-refractivity contribution in [1.29, 1.82) is 0 Å². The zero-order valence-electron chi connectivity index (χ0n) is 14.0. The third-order valence-corrected chi connectivity index (χ3v) is 3.25. The molecule has 5 heteroatoms. The second-order valence-electron chi connectivity index (χ2n) is 4.89. The highest BCUT2D eigenvalue weighted by Gasteiger charge is 2.05. The number of amides is 1. The predicted octanol–water partition coefficient (Wildman–Crippen LogP) is 3.75. The van der Waals surface area contributed by atoms with Crippen molar-refractivity contribution >= 4 is 17.7 Å². The highest BCUT2D eigenvalue weighted by Crippen LogP contribution is 2.26. The van der Waals surface area contributed by atoms with Gasteiger partial charge in [0.15, 0.2) is 0 Å². The van der Waals surface area contributed by atoms with Crippen LogP contribution in [-0.2, 0) is 4.79 Å². The fourth-order valence-electron chi connectivity index (χ4n) is 2.13. The summed E-state index contributed by atoms with van der Waals surface area (Å²) in [5, 5.41) is 2.79. The molecule has 2 rings (SSSR count). The summed E-state index contributed by atoms with van der Waals surface area (Å²) in [6, 6.07) is 12.7. The molecule has 126 valence electrons. The molecule has 2 aromatic carbocycles. The number of para-hydroxylation sites is 1. The standard InChI is InChI=1S/C19H21NO4/c1-4-24-18-8-6-5-7-14(18)9-10-19(21)20-15-11-16(22-2)13-17(12-15)23-3/h5-13H,4H2,1-3H3,(H,20,21)/b10-9+. The van der Waals surface area contributed by atoms with E-state index in [0.29, 0.717) is 23.8 Å². The summed E-state index contributed by atoms with van der Waals surface area (Å²) >= 11 is 0. The summed E-state index contributed by atoms with van der Waals surface area (Å²) in [7, 11) is 3.12. The number of carbonyl (C=O) groups excluding carboxylic acids is 1. The number of nitrogens with one attached hydrogen (secondary N) is 1. The van der Waals surface area contributed by atoms with Gasteiger partial charge in [-0.05, 0) is 19.1 Å². The van der Waals surface area contributed by atoms with Crippen LogP contribution in [0.1, 0.15) is 12.5 Å². The van der Waals surface area contributed by atoms with Gasteiger partial charge >= 0.3 is 0 Å². The van der Waals surface area contributed by atoms with Gasteiger partial charge in [-0.1, -0.05) is 18.2 Å². The van der Waals surface area contributed by atoms with Gasteiger partial charge in [-0.2, -0.15) is 0 Å². The molecule has 0 fully saturated rings. The fourth-order valence-corrected chi connectivity index (χ4v) is 2.13. The molecule has 0 bridgehead atoms. The lowest BCUT2D eigenvalue weighted by atomic mass is 10.2. The van der Waals surface area contributed by atoms with E-state index in [1.807, 2.05) is 31.2 Å². The molecule has 0 radical (unpaired) electrons. The van der Waals surface area contributed by atoms with Crippen LogP contribution < -0.4 is 19.5 Å². The van der Waals surface area contributed by atoms with Gasteiger partial charge in [0.05, 0.1) is 20.8 Å². The quantitative estimate of drug-likeness (QED) is 0.787. The summed E-state index contributed by atoms with van der Waals surface area (Å²) in [5.74, 6) is 1.70. The Bertz CT molecular complexity index is 703. The molecule has 0 aromatic heterocycles. The Morgan fingerprint density at radius 2 is 1.75 bits per heavy atom. The van der Waals surface area contributed by atoms with E-state index < -0.39 is 0 Å². The third-order valence-electron chi connectivity index (χ3n) is 3.25. The number of anilines is 1. The lowest BCUT2D eigenvalue weighted by molar-refractivity contribution is -0.111. The van der Waals surface area contributed by atoms with Crippen molar-refractivity contribution < 1.29 is 19.0 Å². The smallest absolute Gasteiger partial charge is 0.248 e. The Hall–Kier alpha value is -2.95. The van der Waals surface area contributed by atoms with Crippen LogP contribution in [0.25, 0.3) is 6.08 Å². The molecule has 1 N–H and O–H groups in total. The normalized spacial score (nSPS) is 10.5. The summed E-state index contributed by atoms with van der Waals surface area (Å²) < 4.78 is 15.9. The van der Waals surface area contributed by atoms with Crippen LogP contribution >= 0.6 is 0 Å². The Morgan fingerprint density at radius 3 is 2.38 bits per heavy atom. The van der Waals surface area contributed by atoms with Gasteiger partial charge < -0.3 is 19.5 Å². The van der Waals surface area contributed by atoms with Gasteiger partial charge in [0.1, 0.15) is 17.2 Å². The van der Waals surface area contributed by atoms with Gasteiger partial charge in [-0.3, -0.25) is 4.79 Å². The first-order chi connectivity index (χ1) is 11.7. The zero-order chi connectivity index (χ0) is 17.4. The minimum absolute atomic E-state index is 0.253. The number of rotatable bonds is 7. The molecular formula is C19H21NO4. The largest absolute Gasteiger partial charge is 0.497 e. The van der Waals surface area contributed by atoms with E-state index in [9.17, 15) is 4.79 Å². The molecule has 24 heavy (non-hydrogen) atoms. The van der Waals surface area contributed by atoms with E-state index in [2.05, 4.69) is 5.32 Å². The van der Waals surface area contributed by atoms with Crippen molar-refractivity contribution in [2.45, 2.75) is 6.92 Å². The lowest BCUT2D eigenvalue weighted by Gasteiger charge is -2.09. The molecule has 0 saturated carbocycles. The second kappa shape index (κ2) is 8.62. The molecule has 0 atom stereocenters. The molecule has 0 aliphatic heterocycles. The fraction of sp³-hybridized carbons (Fsp3) is 0.211. The SMILES string of the molecule is CCOc1ccccc1/C=C/C(=O)Nc1cc(OC)cc(OC)c1. The Morgan fingerprint density at radius 1 is 1.08 bits per heavy atom. The highest BCUT2D eigenvalue weighted by molar-refractivity contribution is 6.02. The van der Waals surface area contributed by atoms with Crippen molar-refractivity contribution in [1.82, 2.24) is 0 Å². The highest BCUT2D eigenvalue weighted by atomic mass is 16.5. The minimum atomic E-state index is -0.253. The lowest BCUT2D eigenvalue weighted by Crippen LogP contribution is -2.08. The first-order valence-corrected chi connectivity index (χ1v) is 7.60. The van der Waals surface area contributed by atoms with Crippen LogP contribution in [0.3, 0.4) is 0 Å². The van der Waals surface area contributed by atoms with Crippen LogP contribution in [-0.4, -0.2) is 26.7 Å². The molecule has 2 aromatic rings. The van der Waals surface area contributed by atoms with Crippen molar-refractivity contribution in [2.75, 3.05) is 26.1 Å². The number of ether oxygens (including phenoxy) is 3. The van der Waals surface area contributed by atoms with Crippen LogP contribution in [0.15, 0.2) is 48.5 Å². The Balaban J connectivity index is 2.11. The van der Waals surface area contributed by atoms with Crippen LogP contribution in [0.5, 0.6) is 17.2 Å². The number of methoxy groups -OCH3 is 2. The van der Waals surface area contributed by atoms with Crippen LogP contribution in [0.4, 0.5) is 5.69 Å². The van der Waals surface area contributed by atoms with Gasteiger partial charge in [0, 0.05) is 35.5 Å². The van der Waals surface area contributed by atoms with E-state index in [1.54, 1.807) is 38.5 Å². The van der Waals surface area contributed by atoms with Gasteiger partial charge in [-0.15, -0.1) is 0 Å². The monoisotopic (exact) mass is 327 g/mol. The number of hydrogen-bond donors (Lipinski definition) is 1. The molecule has 5 nitrogen and oxygen atoms in total. The first-order valence-electron chi connectivity index (χ1n) is 7.60. The third kappa shape index (κ3) is 4.78. The number of carbonyl (C=O) groups is 1. The topological polar surface area (TPSA) is 56.8 Å². The molecule has 0 unspecified atom stereocenters. The van der Waals surface area contributed by atoms with E-state index >= 15 is 0 Å². The second-order valence-corrected chi connectivity index (χ2v) is 4.89. The molecule has 0 spiro atoms. The van der Waals surface area contributed by atoms with Crippen molar-refractivity contribution in [3.05, 3.63) is 54.1 Å². The maximum absolute atomic E-state index is 12.1. The maximum Gasteiger partial charge on any atom is 0.248 e. The van der Waals surface area contributed by atoms with Gasteiger partial charge in [0.2, 0.25) is 5.91 Å². The van der Waals surface area contributed by atoms with E-state index in [1.165, 1.54) is 6.08 Å². The molecule has 0 aliphatic carbocycles. The summed E-state index contributed by atoms with van der Waals surface area (Å²) in [6.07, 6.45) is 3.18. The van der Waals surface area contributed by atoms with E-state index in [4.69, 9.17) is 14.2 Å². The average Bonchev–Trinajstić information content (AvgIpc) is 2.60. The molecule has 0 heterocycles. The molecule has 0 saturated heterocycles. The summed E-state index contributed by atoms with van der Waals surface area (Å²) in [6.45, 7) is 2.49. The Kier molecular flexibility index (Phi) is 6.25. The number of hydrogen-bond acceptors (Lipinski definition) is 4. The first kappa shape index (κ1) is 17.4. The van der Waals surface area contributed by atoms with Crippen molar-refractivity contribution in [2.24, 2.45) is 0 Å². The zero-order valence-corrected chi connectivity index (χ0v) is 14.0. The van der Waals surface area contributed by atoms with Gasteiger partial charge in [0.25, 0.3) is 0 Å². The molecule has 0 aliphatic rings. The Labute approximate surface area is 141 Å². The van der Waals surface area contributed by atoms with Crippen LogP contribution in [0, 0.1) is 0 Å². The molecule has 1 amide bonds. The van der Waals surface area contributed by atoms with E-state index in [-0.39, 0.29) is 5.91 Å². The van der Waals surface area contributed by atoms with Crippen molar-refractivity contribution in [3.8, 4) is 17.2 Å². The van der Waals surface area contributed by atoms with Gasteiger partial charge in [-0.25, -0.2) is 0 Å². The summed E-state index contributed by atoms with van der Waals surface area (Å²) in [5.41, 5.74) is 1.44. The maximum atomic E-state index is 12.1. The van der Waals surface area contributed by atoms with E-state index in [0.717, 1.165) is 11.3 Å². The van der Waals surface area contributed by atoms with Crippen molar-refractivity contribution in [3.63, 3.8) is 0 Å². The summed E-state index contributed by atoms with van der Waals surface area (Å²) in [4.78, 5) is 12.1.